The number of nitrogens with one attached hydrogen (secondary N) is 1. The van der Waals surface area contributed by atoms with E-state index in [4.69, 9.17) is 24.8 Å². The Labute approximate surface area is 398 Å². The van der Waals surface area contributed by atoms with Gasteiger partial charge in [0.25, 0.3) is 0 Å². The Morgan fingerprint density at radius 2 is 1.56 bits per heavy atom. The van der Waals surface area contributed by atoms with Crippen LogP contribution in [0.15, 0.2) is 23.9 Å². The van der Waals surface area contributed by atoms with E-state index in [0.717, 1.165) is 86.7 Å². The molecule has 0 saturated carbocycles. The number of carbonyl (C=O) groups excluding carboxylic acids is 2. The Kier molecular flexibility index (Phi) is 18.1. The molecular formula is C54H73MgN4O5-. The zero-order valence-corrected chi connectivity index (χ0v) is 42.0. The van der Waals surface area contributed by atoms with E-state index >= 15 is 0 Å². The van der Waals surface area contributed by atoms with Gasteiger partial charge in [-0.3, -0.25) is 9.59 Å². The number of ether oxygens (including phenoxy) is 2. The number of allylic oxidation sites excluding steroid dienone is 2. The van der Waals surface area contributed by atoms with E-state index in [1.54, 1.807) is 0 Å². The number of aromatic nitrogens is 3. The molecule has 3 aromatic heterocycles. The molecule has 2 aliphatic heterocycles. The molecule has 6 rings (SSSR count). The third kappa shape index (κ3) is 11.3. The fourth-order valence-corrected chi connectivity index (χ4v) is 10.2. The maximum Gasteiger partial charge on any atom is 2.00 e. The van der Waals surface area contributed by atoms with Crippen LogP contribution in [-0.2, 0) is 25.5 Å². The predicted octanol–water partition coefficient (Wildman–Crippen LogP) is 8.78. The monoisotopic (exact) mass is 882 g/mol. The van der Waals surface area contributed by atoms with Gasteiger partial charge in [-0.05, 0) is 99.8 Å². The molecule has 5 heterocycles. The van der Waals surface area contributed by atoms with Gasteiger partial charge in [0.15, 0.2) is 0 Å². The van der Waals surface area contributed by atoms with E-state index in [2.05, 4.69) is 73.0 Å². The van der Waals surface area contributed by atoms with Gasteiger partial charge in [-0.25, -0.2) is 0 Å². The molecule has 10 heteroatoms. The Bertz CT molecular complexity index is 2480. The number of rotatable bonds is 20. The summed E-state index contributed by atoms with van der Waals surface area (Å²) in [7, 11) is 1.34. The van der Waals surface area contributed by atoms with Crippen LogP contribution in [0.4, 0.5) is 0 Å². The molecule has 9 nitrogen and oxygen atoms in total. The van der Waals surface area contributed by atoms with Gasteiger partial charge in [0.1, 0.15) is 18.3 Å². The Hall–Kier alpha value is -4.15. The number of H-pyrrole nitrogens is 1. The third-order valence-electron chi connectivity index (χ3n) is 14.2. The minimum absolute atomic E-state index is 0. The first-order valence-corrected chi connectivity index (χ1v) is 23.8. The molecule has 5 atom stereocenters. The first-order chi connectivity index (χ1) is 30.2. The van der Waals surface area contributed by atoms with Gasteiger partial charge in [-0.15, -0.1) is 22.4 Å². The molecule has 3 aliphatic rings. The van der Waals surface area contributed by atoms with Gasteiger partial charge in [-0.2, -0.15) is 5.70 Å². The van der Waals surface area contributed by atoms with Gasteiger partial charge in [0.05, 0.1) is 7.11 Å². The summed E-state index contributed by atoms with van der Waals surface area (Å²) in [4.78, 5) is 41.0. The number of aliphatic hydroxyl groups is 1. The summed E-state index contributed by atoms with van der Waals surface area (Å²) >= 11 is 0. The van der Waals surface area contributed by atoms with Crippen molar-refractivity contribution in [3.8, 4) is 0 Å². The summed E-state index contributed by atoms with van der Waals surface area (Å²) in [5, 5.41) is 20.3. The number of fused-ring (bicyclic) bond motifs is 8. The molecule has 0 amide bonds. The van der Waals surface area contributed by atoms with Crippen molar-refractivity contribution in [1.82, 2.24) is 15.0 Å². The normalized spacial score (nSPS) is 21.3. The van der Waals surface area contributed by atoms with E-state index in [1.165, 1.54) is 64.0 Å². The van der Waals surface area contributed by atoms with Gasteiger partial charge < -0.3 is 34.8 Å². The van der Waals surface area contributed by atoms with Crippen molar-refractivity contribution in [1.29, 1.82) is 0 Å². The smallest absolute Gasteiger partial charge is 0.681 e. The number of aliphatic hydroxyl groups excluding tert-OH is 1. The molecule has 1 fully saturated rings. The van der Waals surface area contributed by atoms with Crippen molar-refractivity contribution >= 4 is 70.6 Å². The second kappa shape index (κ2) is 22.8. The summed E-state index contributed by atoms with van der Waals surface area (Å²) in [5.74, 6) is -0.751. The number of aromatic amines is 1. The molecule has 0 radical (unpaired) electrons. The number of methoxy groups -OCH3 is 1. The van der Waals surface area contributed by atoms with Crippen LogP contribution in [0.2, 0.25) is 0 Å². The largest absolute Gasteiger partial charge is 2.00 e. The quantitative estimate of drug-likeness (QED) is 0.0502. The molecule has 3 aromatic rings. The van der Waals surface area contributed by atoms with Gasteiger partial charge in [-0.1, -0.05) is 145 Å². The first kappa shape index (κ1) is 50.8. The number of carbonyl (C=O) groups is 2. The van der Waals surface area contributed by atoms with E-state index in [9.17, 15) is 14.7 Å². The van der Waals surface area contributed by atoms with Crippen molar-refractivity contribution in [2.45, 2.75) is 152 Å². The molecule has 1 unspecified atom stereocenters. The SMILES string of the molecule is C=Cc1c2[n-]c(c1C)/C=C1\[N-]C(C3=c4[n-]c(c(C)c4=C(O)[C@@H]3C(=O)OC)/C=c3\[nH]/c(c(C)c3CC)=C\2)[C@@H](CCC(=O)OC/C=C(\C)CCC[C@H](C)CCCCCCCC(C)C)[C@@H]1C.[Mg+2]. The van der Waals surface area contributed by atoms with Crippen molar-refractivity contribution < 1.29 is 24.2 Å². The minimum atomic E-state index is -1.06. The van der Waals surface area contributed by atoms with Crippen LogP contribution in [-0.4, -0.2) is 64.8 Å². The van der Waals surface area contributed by atoms with Gasteiger partial charge >= 0.3 is 35.0 Å². The van der Waals surface area contributed by atoms with Crippen LogP contribution < -0.4 is 31.2 Å². The molecule has 0 spiro atoms. The molecule has 1 saturated heterocycles. The summed E-state index contributed by atoms with van der Waals surface area (Å²) < 4.78 is 11.1. The van der Waals surface area contributed by atoms with Crippen LogP contribution in [0, 0.1) is 50.4 Å². The van der Waals surface area contributed by atoms with E-state index in [-0.39, 0.29) is 59.6 Å². The molecule has 64 heavy (non-hydrogen) atoms. The van der Waals surface area contributed by atoms with Gasteiger partial charge in [0, 0.05) is 22.3 Å². The summed E-state index contributed by atoms with van der Waals surface area (Å²) in [5.41, 5.74) is 10.00. The van der Waals surface area contributed by atoms with Crippen molar-refractivity contribution in [3.05, 3.63) is 95.4 Å². The van der Waals surface area contributed by atoms with Crippen LogP contribution in [0.3, 0.4) is 0 Å². The molecule has 342 valence electrons. The Morgan fingerprint density at radius 3 is 2.25 bits per heavy atom. The fraction of sp³-hybridized carbons (Fsp3) is 0.556. The average molecular weight is 883 g/mol. The number of esters is 2. The van der Waals surface area contributed by atoms with Crippen molar-refractivity contribution in [2.75, 3.05) is 13.7 Å². The molecule has 2 N–H and O–H groups in total. The zero-order chi connectivity index (χ0) is 45.5. The standard InChI is InChI=1S/C54H73N4O5.Mg/c1-12-38-34(7)41-28-43-36(9)40(24-25-47(59)63-27-26-33(6)23-19-22-32(5)21-18-16-14-15-17-20-31(3)4)51(57-43)49-50(54(61)62-11)53(60)48-37(10)44(58-52(48)49)30-46-39(13-2)35(8)42(56-46)29-45(38)55-41;/h12,26,28-32,36,40,50-51,56,60H,1,13-25,27H2,2-11H3;/q-3;+2/b33-26+,42-29-,43-28-,46-30-;/t32-,36+,40+,50-,51?;/m1./s1. The number of unbranched alkanes of at least 4 members (excludes halogenated alkanes) is 4. The fourth-order valence-electron chi connectivity index (χ4n) is 10.2. The summed E-state index contributed by atoms with van der Waals surface area (Å²) in [6.45, 7) is 23.9. The maximum atomic E-state index is 13.6. The second-order valence-electron chi connectivity index (χ2n) is 19.1. The maximum absolute atomic E-state index is 13.6. The predicted molar refractivity (Wildman–Crippen MR) is 262 cm³/mol. The zero-order valence-electron chi connectivity index (χ0n) is 40.6. The Morgan fingerprint density at radius 1 is 0.891 bits per heavy atom. The van der Waals surface area contributed by atoms with Gasteiger partial charge in [0.2, 0.25) is 0 Å². The number of nitrogens with zero attached hydrogens (tertiary/aromatic N) is 3. The van der Waals surface area contributed by atoms with Crippen molar-refractivity contribution in [2.24, 2.45) is 29.6 Å². The molecular weight excluding hydrogens is 809 g/mol. The molecule has 8 bridgehead atoms. The number of hydrogen-bond acceptors (Lipinski definition) is 5. The third-order valence-corrected chi connectivity index (χ3v) is 14.2. The van der Waals surface area contributed by atoms with E-state index in [1.807, 2.05) is 31.2 Å². The average Bonchev–Trinajstić information content (AvgIpc) is 3.99. The Balaban J connectivity index is 0.00000771. The van der Waals surface area contributed by atoms with Crippen LogP contribution >= 0.6 is 0 Å². The van der Waals surface area contributed by atoms with E-state index < -0.39 is 17.9 Å². The topological polar surface area (TPSA) is 131 Å². The second-order valence-corrected chi connectivity index (χ2v) is 19.1. The minimum Gasteiger partial charge on any atom is -0.681 e. The summed E-state index contributed by atoms with van der Waals surface area (Å²) in [6.07, 6.45) is 24.3. The molecule has 0 aromatic carbocycles. The van der Waals surface area contributed by atoms with Crippen molar-refractivity contribution in [3.63, 3.8) is 0 Å². The summed E-state index contributed by atoms with van der Waals surface area (Å²) in [6, 6.07) is -0.563. The van der Waals surface area contributed by atoms with Crippen LogP contribution in [0.5, 0.6) is 0 Å². The molecule has 1 aliphatic carbocycles. The van der Waals surface area contributed by atoms with E-state index in [0.29, 0.717) is 28.3 Å². The van der Waals surface area contributed by atoms with Crippen LogP contribution in [0.25, 0.3) is 41.0 Å². The first-order valence-electron chi connectivity index (χ1n) is 23.8. The number of hydrogen-bond donors (Lipinski definition) is 2. The van der Waals surface area contributed by atoms with Crippen LogP contribution in [0.1, 0.15) is 163 Å².